The zero-order valence-corrected chi connectivity index (χ0v) is 10.6. The van der Waals surface area contributed by atoms with E-state index in [0.29, 0.717) is 18.4 Å². The number of allylic oxidation sites excluding steroid dienone is 1. The molecule has 3 heteroatoms. The Balaban J connectivity index is 2.64. The summed E-state index contributed by atoms with van der Waals surface area (Å²) in [5.74, 6) is -0.171. The van der Waals surface area contributed by atoms with Crippen molar-refractivity contribution in [2.45, 2.75) is 51.7 Å². The minimum absolute atomic E-state index is 0.0440. The number of rotatable bonds is 5. The molecule has 0 heterocycles. The first-order chi connectivity index (χ1) is 7.91. The third kappa shape index (κ3) is 4.10. The number of ketones is 1. The normalized spacial score (nSPS) is 26.2. The highest BCUT2D eigenvalue weighted by Crippen LogP contribution is 2.24. The van der Waals surface area contributed by atoms with Crippen molar-refractivity contribution in [3.63, 3.8) is 0 Å². The molecule has 1 rings (SSSR count). The first-order valence-corrected chi connectivity index (χ1v) is 6.18. The zero-order valence-electron chi connectivity index (χ0n) is 10.6. The maximum absolute atomic E-state index is 12.1. The molecule has 0 spiro atoms. The Labute approximate surface area is 103 Å². The van der Waals surface area contributed by atoms with Crippen LogP contribution in [-0.2, 0) is 4.79 Å². The van der Waals surface area contributed by atoms with Gasteiger partial charge in [0.1, 0.15) is 0 Å². The summed E-state index contributed by atoms with van der Waals surface area (Å²) in [7, 11) is 0. The zero-order chi connectivity index (χ0) is 13.0. The summed E-state index contributed by atoms with van der Waals surface area (Å²) in [5.41, 5.74) is 1.45. The summed E-state index contributed by atoms with van der Waals surface area (Å²) in [6.45, 7) is 7.61. The van der Waals surface area contributed by atoms with E-state index in [-0.39, 0.29) is 11.7 Å². The monoisotopic (exact) mass is 238 g/mol. The van der Waals surface area contributed by atoms with E-state index in [1.54, 1.807) is 0 Å². The van der Waals surface area contributed by atoms with Crippen LogP contribution in [0.5, 0.6) is 0 Å². The van der Waals surface area contributed by atoms with E-state index in [0.717, 1.165) is 18.4 Å². The van der Waals surface area contributed by atoms with Crippen LogP contribution in [0.25, 0.3) is 0 Å². The molecule has 96 valence electrons. The van der Waals surface area contributed by atoms with Gasteiger partial charge in [-0.3, -0.25) is 4.79 Å². The molecule has 0 fully saturated rings. The van der Waals surface area contributed by atoms with E-state index in [2.05, 4.69) is 6.58 Å². The van der Waals surface area contributed by atoms with Crippen LogP contribution in [0.3, 0.4) is 0 Å². The predicted molar refractivity (Wildman–Crippen MR) is 67.5 cm³/mol. The number of hydrogen-bond acceptors (Lipinski definition) is 3. The van der Waals surface area contributed by atoms with Crippen LogP contribution in [-0.4, -0.2) is 28.2 Å². The molecule has 3 atom stereocenters. The fourth-order valence-electron chi connectivity index (χ4n) is 2.01. The quantitative estimate of drug-likeness (QED) is 0.720. The van der Waals surface area contributed by atoms with Crippen molar-refractivity contribution in [2.24, 2.45) is 5.92 Å². The van der Waals surface area contributed by atoms with Gasteiger partial charge in [0.05, 0.1) is 12.2 Å². The van der Waals surface area contributed by atoms with Crippen LogP contribution >= 0.6 is 0 Å². The van der Waals surface area contributed by atoms with Gasteiger partial charge in [0.25, 0.3) is 0 Å². The molecule has 0 saturated heterocycles. The molecule has 2 N–H and O–H groups in total. The second-order valence-corrected chi connectivity index (χ2v) is 5.04. The number of carbonyl (C=O) groups is 1. The van der Waals surface area contributed by atoms with E-state index in [9.17, 15) is 15.0 Å². The van der Waals surface area contributed by atoms with E-state index in [4.69, 9.17) is 0 Å². The highest BCUT2D eigenvalue weighted by atomic mass is 16.3. The number of aliphatic hydroxyl groups is 2. The van der Waals surface area contributed by atoms with Gasteiger partial charge in [-0.2, -0.15) is 0 Å². The molecular weight excluding hydrogens is 216 g/mol. The van der Waals surface area contributed by atoms with Gasteiger partial charge in [0.15, 0.2) is 5.78 Å². The van der Waals surface area contributed by atoms with Crippen LogP contribution in [0.4, 0.5) is 0 Å². The highest BCUT2D eigenvalue weighted by Gasteiger charge is 2.27. The Hall–Kier alpha value is -0.930. The molecule has 17 heavy (non-hydrogen) atoms. The van der Waals surface area contributed by atoms with E-state index in [1.165, 1.54) is 6.08 Å². The molecular formula is C14H22O3. The van der Waals surface area contributed by atoms with Crippen LogP contribution in [0.2, 0.25) is 0 Å². The molecule has 1 aliphatic rings. The average Bonchev–Trinajstić information content (AvgIpc) is 2.28. The third-order valence-corrected chi connectivity index (χ3v) is 3.20. The number of Topliss-reactive ketones (excluding diaryl/α,β-unsaturated/α-hetero) is 1. The van der Waals surface area contributed by atoms with Crippen molar-refractivity contribution in [1.82, 2.24) is 0 Å². The number of carbonyl (C=O) groups excluding carboxylic acids is 1. The van der Waals surface area contributed by atoms with Gasteiger partial charge in [-0.05, 0) is 38.7 Å². The van der Waals surface area contributed by atoms with Gasteiger partial charge in [-0.15, -0.1) is 6.58 Å². The summed E-state index contributed by atoms with van der Waals surface area (Å²) >= 11 is 0. The number of hydrogen-bond donors (Lipinski definition) is 2. The van der Waals surface area contributed by atoms with E-state index < -0.39 is 12.2 Å². The van der Waals surface area contributed by atoms with Crippen LogP contribution in [0, 0.1) is 5.92 Å². The van der Waals surface area contributed by atoms with Crippen molar-refractivity contribution in [3.8, 4) is 0 Å². The minimum atomic E-state index is -0.710. The van der Waals surface area contributed by atoms with Crippen LogP contribution < -0.4 is 0 Å². The molecule has 0 radical (unpaired) electrons. The lowest BCUT2D eigenvalue weighted by atomic mass is 9.85. The lowest BCUT2D eigenvalue weighted by Gasteiger charge is -2.23. The second kappa shape index (κ2) is 6.12. The van der Waals surface area contributed by atoms with Gasteiger partial charge < -0.3 is 10.2 Å². The fourth-order valence-corrected chi connectivity index (χ4v) is 2.01. The molecule has 0 aliphatic heterocycles. The SMILES string of the molecule is C=C(C)CCC(C)C(=O)C1=C[C@H](O)CCC1O. The first kappa shape index (κ1) is 14.1. The molecule has 0 amide bonds. The van der Waals surface area contributed by atoms with Gasteiger partial charge in [-0.25, -0.2) is 0 Å². The van der Waals surface area contributed by atoms with Crippen LogP contribution in [0.1, 0.15) is 39.5 Å². The molecule has 0 bridgehead atoms. The smallest absolute Gasteiger partial charge is 0.164 e. The molecule has 0 aromatic carbocycles. The van der Waals surface area contributed by atoms with Gasteiger partial charge in [0, 0.05) is 11.5 Å². The Morgan fingerprint density at radius 3 is 2.76 bits per heavy atom. The summed E-state index contributed by atoms with van der Waals surface area (Å²) in [5, 5.41) is 19.3. The summed E-state index contributed by atoms with van der Waals surface area (Å²) in [4.78, 5) is 12.1. The topological polar surface area (TPSA) is 57.5 Å². The molecule has 1 aliphatic carbocycles. The van der Waals surface area contributed by atoms with Crippen LogP contribution in [0.15, 0.2) is 23.8 Å². The second-order valence-electron chi connectivity index (χ2n) is 5.04. The summed E-state index contributed by atoms with van der Waals surface area (Å²) < 4.78 is 0. The Morgan fingerprint density at radius 2 is 2.18 bits per heavy atom. The van der Waals surface area contributed by atoms with Crippen molar-refractivity contribution in [1.29, 1.82) is 0 Å². The van der Waals surface area contributed by atoms with Crippen molar-refractivity contribution < 1.29 is 15.0 Å². The Morgan fingerprint density at radius 1 is 1.53 bits per heavy atom. The van der Waals surface area contributed by atoms with Crippen molar-refractivity contribution in [3.05, 3.63) is 23.8 Å². The van der Waals surface area contributed by atoms with Crippen molar-refractivity contribution >= 4 is 5.78 Å². The minimum Gasteiger partial charge on any atom is -0.389 e. The summed E-state index contributed by atoms with van der Waals surface area (Å²) in [6, 6.07) is 0. The van der Waals surface area contributed by atoms with E-state index in [1.807, 2.05) is 13.8 Å². The summed E-state index contributed by atoms with van der Waals surface area (Å²) in [6.07, 6.45) is 2.76. The predicted octanol–water partition coefficient (Wildman–Crippen LogP) is 1.99. The Bertz CT molecular complexity index is 330. The Kier molecular flexibility index (Phi) is 5.09. The molecule has 0 aromatic rings. The lowest BCUT2D eigenvalue weighted by molar-refractivity contribution is -0.120. The van der Waals surface area contributed by atoms with Gasteiger partial charge >= 0.3 is 0 Å². The standard InChI is InChI=1S/C14H22O3/c1-9(2)4-5-10(3)14(17)12-8-11(15)6-7-13(12)16/h8,10-11,13,15-16H,1,4-7H2,2-3H3/t10?,11-,13?/m1/s1. The average molecular weight is 238 g/mol. The first-order valence-electron chi connectivity index (χ1n) is 6.18. The highest BCUT2D eigenvalue weighted by molar-refractivity contribution is 5.98. The lowest BCUT2D eigenvalue weighted by Crippen LogP contribution is -2.29. The maximum Gasteiger partial charge on any atom is 0.164 e. The van der Waals surface area contributed by atoms with Gasteiger partial charge in [-0.1, -0.05) is 12.5 Å². The van der Waals surface area contributed by atoms with Gasteiger partial charge in [0.2, 0.25) is 0 Å². The fraction of sp³-hybridized carbons (Fsp3) is 0.643. The maximum atomic E-state index is 12.1. The molecule has 0 aromatic heterocycles. The van der Waals surface area contributed by atoms with Crippen molar-refractivity contribution in [2.75, 3.05) is 0 Å². The molecule has 3 nitrogen and oxygen atoms in total. The molecule has 0 saturated carbocycles. The molecule has 2 unspecified atom stereocenters. The number of aliphatic hydroxyl groups excluding tert-OH is 2. The van der Waals surface area contributed by atoms with E-state index >= 15 is 0 Å². The largest absolute Gasteiger partial charge is 0.389 e. The third-order valence-electron chi connectivity index (χ3n) is 3.20.